The van der Waals surface area contributed by atoms with Crippen LogP contribution in [-0.4, -0.2) is 17.8 Å². The van der Waals surface area contributed by atoms with Crippen LogP contribution in [0.25, 0.3) is 6.08 Å². The Morgan fingerprint density at radius 3 is 2.59 bits per heavy atom. The summed E-state index contributed by atoms with van der Waals surface area (Å²) in [6.45, 7) is 4.76. The molecule has 0 N–H and O–H groups in total. The minimum absolute atomic E-state index is 0.313. The molecule has 0 bridgehead atoms. The summed E-state index contributed by atoms with van der Waals surface area (Å²) in [5.41, 5.74) is 3.35. The van der Waals surface area contributed by atoms with Crippen molar-refractivity contribution in [3.63, 3.8) is 0 Å². The second-order valence-electron chi connectivity index (χ2n) is 7.54. The van der Waals surface area contributed by atoms with E-state index in [4.69, 9.17) is 21.1 Å². The average Bonchev–Trinajstić information content (AvgIpc) is 3.06. The number of hydrogen-bond donors (Lipinski definition) is 0. The van der Waals surface area contributed by atoms with Crippen molar-refractivity contribution in [1.82, 2.24) is 0 Å². The molecule has 1 heterocycles. The first-order valence-electron chi connectivity index (χ1n) is 10.5. The molecule has 1 aliphatic rings. The highest BCUT2D eigenvalue weighted by Gasteiger charge is 2.36. The fourth-order valence-corrected chi connectivity index (χ4v) is 5.09. The Labute approximate surface area is 215 Å². The van der Waals surface area contributed by atoms with E-state index in [-0.39, 0.29) is 5.24 Å². The van der Waals surface area contributed by atoms with Gasteiger partial charge in [-0.3, -0.25) is 9.59 Å². The molecule has 34 heavy (non-hydrogen) atoms. The number of halogens is 2. The number of ether oxygens (including phenoxy) is 2. The Hall–Kier alpha value is -2.74. The fourth-order valence-electron chi connectivity index (χ4n) is 3.49. The number of benzene rings is 3. The molecule has 3 aromatic carbocycles. The SMILES string of the molecule is CCOc1cc(/C=C2/SC(=O)N(c3cccc(Cl)c3)C2=O)cc(Br)c1OCc1cccc(C)c1. The average molecular weight is 559 g/mol. The summed E-state index contributed by atoms with van der Waals surface area (Å²) in [6, 6.07) is 18.4. The molecule has 4 rings (SSSR count). The number of rotatable bonds is 7. The molecule has 0 unspecified atom stereocenters. The zero-order chi connectivity index (χ0) is 24.2. The smallest absolute Gasteiger partial charge is 0.298 e. The van der Waals surface area contributed by atoms with Gasteiger partial charge in [0.25, 0.3) is 11.1 Å². The number of nitrogens with zero attached hydrogens (tertiary/aromatic N) is 1. The highest BCUT2D eigenvalue weighted by molar-refractivity contribution is 9.10. The van der Waals surface area contributed by atoms with E-state index >= 15 is 0 Å². The van der Waals surface area contributed by atoms with Crippen molar-refractivity contribution in [3.8, 4) is 11.5 Å². The Kier molecular flexibility index (Phi) is 7.66. The van der Waals surface area contributed by atoms with E-state index in [0.717, 1.165) is 27.8 Å². The quantitative estimate of drug-likeness (QED) is 0.279. The summed E-state index contributed by atoms with van der Waals surface area (Å²) in [4.78, 5) is 27.0. The second-order valence-corrected chi connectivity index (χ2v) is 9.82. The van der Waals surface area contributed by atoms with Crippen LogP contribution in [0.3, 0.4) is 0 Å². The highest BCUT2D eigenvalue weighted by Crippen LogP contribution is 2.40. The minimum Gasteiger partial charge on any atom is -0.490 e. The molecule has 1 fully saturated rings. The topological polar surface area (TPSA) is 55.8 Å². The van der Waals surface area contributed by atoms with Crippen molar-refractivity contribution in [3.05, 3.63) is 91.8 Å². The number of carbonyl (C=O) groups excluding carboxylic acids is 2. The first-order chi connectivity index (χ1) is 16.4. The predicted octanol–water partition coefficient (Wildman–Crippen LogP) is 7.63. The molecule has 174 valence electrons. The number of carbonyl (C=O) groups is 2. The summed E-state index contributed by atoms with van der Waals surface area (Å²) in [6.07, 6.45) is 1.67. The third-order valence-corrected chi connectivity index (χ3v) is 6.65. The van der Waals surface area contributed by atoms with Crippen LogP contribution < -0.4 is 14.4 Å². The highest BCUT2D eigenvalue weighted by atomic mass is 79.9. The lowest BCUT2D eigenvalue weighted by molar-refractivity contribution is -0.113. The van der Waals surface area contributed by atoms with E-state index in [1.807, 2.05) is 38.1 Å². The van der Waals surface area contributed by atoms with Crippen LogP contribution in [0.1, 0.15) is 23.6 Å². The van der Waals surface area contributed by atoms with Crippen LogP contribution in [0, 0.1) is 6.92 Å². The number of thioether (sulfide) groups is 1. The number of aryl methyl sites for hydroxylation is 1. The standard InChI is InChI=1S/C26H21BrClNO4S/c1-3-32-22-12-18(11-21(27)24(22)33-15-17-7-4-6-16(2)10-17)13-23-25(30)29(26(31)34-23)20-9-5-8-19(28)14-20/h4-14H,3,15H2,1-2H3/b23-13+. The molecule has 2 amide bonds. The van der Waals surface area contributed by atoms with Gasteiger partial charge in [0.05, 0.1) is 21.7 Å². The van der Waals surface area contributed by atoms with Gasteiger partial charge < -0.3 is 9.47 Å². The number of imide groups is 1. The van der Waals surface area contributed by atoms with Crippen molar-refractivity contribution in [2.24, 2.45) is 0 Å². The van der Waals surface area contributed by atoms with Gasteiger partial charge in [0, 0.05) is 5.02 Å². The molecule has 0 aliphatic carbocycles. The largest absolute Gasteiger partial charge is 0.490 e. The van der Waals surface area contributed by atoms with Gasteiger partial charge in [0.15, 0.2) is 11.5 Å². The lowest BCUT2D eigenvalue weighted by Crippen LogP contribution is -2.27. The van der Waals surface area contributed by atoms with Crippen LogP contribution in [0.5, 0.6) is 11.5 Å². The second kappa shape index (κ2) is 10.7. The lowest BCUT2D eigenvalue weighted by atomic mass is 10.1. The molecule has 8 heteroatoms. The molecule has 5 nitrogen and oxygen atoms in total. The van der Waals surface area contributed by atoms with E-state index in [1.165, 1.54) is 0 Å². The van der Waals surface area contributed by atoms with E-state index in [0.29, 0.717) is 50.4 Å². The predicted molar refractivity (Wildman–Crippen MR) is 141 cm³/mol. The Bertz CT molecular complexity index is 1290. The van der Waals surface area contributed by atoms with Crippen LogP contribution in [-0.2, 0) is 11.4 Å². The molecule has 0 spiro atoms. The Morgan fingerprint density at radius 1 is 1.06 bits per heavy atom. The van der Waals surface area contributed by atoms with Gasteiger partial charge in [-0.05, 0) is 89.1 Å². The van der Waals surface area contributed by atoms with Crippen molar-refractivity contribution in [2.75, 3.05) is 11.5 Å². The third-order valence-electron chi connectivity index (χ3n) is 4.96. The summed E-state index contributed by atoms with van der Waals surface area (Å²) >= 11 is 10.5. The maximum Gasteiger partial charge on any atom is 0.298 e. The maximum atomic E-state index is 13.0. The molecule has 0 saturated carbocycles. The van der Waals surface area contributed by atoms with Gasteiger partial charge in [0.1, 0.15) is 6.61 Å². The molecule has 0 aromatic heterocycles. The van der Waals surface area contributed by atoms with Gasteiger partial charge in [-0.1, -0.05) is 47.5 Å². The minimum atomic E-state index is -0.397. The number of amides is 2. The van der Waals surface area contributed by atoms with Gasteiger partial charge in [-0.15, -0.1) is 0 Å². The number of hydrogen-bond acceptors (Lipinski definition) is 5. The molecular formula is C26H21BrClNO4S. The third kappa shape index (κ3) is 5.49. The first kappa shape index (κ1) is 24.4. The van der Waals surface area contributed by atoms with Gasteiger partial charge in [-0.25, -0.2) is 4.90 Å². The summed E-state index contributed by atoms with van der Waals surface area (Å²) < 4.78 is 12.6. The fraction of sp³-hybridized carbons (Fsp3) is 0.154. The summed E-state index contributed by atoms with van der Waals surface area (Å²) in [7, 11) is 0. The van der Waals surface area contributed by atoms with Gasteiger partial charge >= 0.3 is 0 Å². The molecule has 0 atom stereocenters. The lowest BCUT2D eigenvalue weighted by Gasteiger charge is -2.15. The van der Waals surface area contributed by atoms with Crippen LogP contribution >= 0.6 is 39.3 Å². The van der Waals surface area contributed by atoms with Crippen molar-refractivity contribution >= 4 is 62.2 Å². The molecular weight excluding hydrogens is 538 g/mol. The molecule has 1 aliphatic heterocycles. The Morgan fingerprint density at radius 2 is 1.85 bits per heavy atom. The normalized spacial score (nSPS) is 14.7. The van der Waals surface area contributed by atoms with Crippen LogP contribution in [0.2, 0.25) is 5.02 Å². The maximum absolute atomic E-state index is 13.0. The summed E-state index contributed by atoms with van der Waals surface area (Å²) in [5, 5.41) is 0.0767. The zero-order valence-electron chi connectivity index (χ0n) is 18.5. The van der Waals surface area contributed by atoms with E-state index < -0.39 is 5.91 Å². The van der Waals surface area contributed by atoms with Gasteiger partial charge in [-0.2, -0.15) is 0 Å². The summed E-state index contributed by atoms with van der Waals surface area (Å²) in [5.74, 6) is 0.725. The van der Waals surface area contributed by atoms with Crippen molar-refractivity contribution in [1.29, 1.82) is 0 Å². The molecule has 3 aromatic rings. The first-order valence-corrected chi connectivity index (χ1v) is 12.5. The van der Waals surface area contributed by atoms with Crippen molar-refractivity contribution in [2.45, 2.75) is 20.5 Å². The van der Waals surface area contributed by atoms with Crippen molar-refractivity contribution < 1.29 is 19.1 Å². The van der Waals surface area contributed by atoms with Crippen LogP contribution in [0.15, 0.2) is 70.0 Å². The van der Waals surface area contributed by atoms with Crippen LogP contribution in [0.4, 0.5) is 10.5 Å². The van der Waals surface area contributed by atoms with Gasteiger partial charge in [0.2, 0.25) is 0 Å². The van der Waals surface area contributed by atoms with E-state index in [2.05, 4.69) is 22.0 Å². The molecule has 0 radical (unpaired) electrons. The number of anilines is 1. The van der Waals surface area contributed by atoms with E-state index in [1.54, 1.807) is 36.4 Å². The monoisotopic (exact) mass is 557 g/mol. The zero-order valence-corrected chi connectivity index (χ0v) is 21.7. The Balaban J connectivity index is 1.60. The molecule has 1 saturated heterocycles. The van der Waals surface area contributed by atoms with E-state index in [9.17, 15) is 9.59 Å².